The Balaban J connectivity index is 0.00000560. The molecule has 1 aliphatic rings. The van der Waals surface area contributed by atoms with Crippen molar-refractivity contribution in [3.05, 3.63) is 69.8 Å². The van der Waals surface area contributed by atoms with E-state index in [9.17, 15) is 14.7 Å². The van der Waals surface area contributed by atoms with Gasteiger partial charge in [0.2, 0.25) is 0 Å². The predicted octanol–water partition coefficient (Wildman–Crippen LogP) is 7.24. The molecule has 6 nitrogen and oxygen atoms in total. The molecule has 1 heterocycles. The first-order chi connectivity index (χ1) is 18.0. The lowest BCUT2D eigenvalue weighted by molar-refractivity contribution is 0.0827. The molecule has 1 saturated heterocycles. The van der Waals surface area contributed by atoms with Crippen LogP contribution in [0.1, 0.15) is 98.7 Å². The Labute approximate surface area is 250 Å². The number of halogens is 1. The van der Waals surface area contributed by atoms with Crippen LogP contribution in [0.2, 0.25) is 0 Å². The van der Waals surface area contributed by atoms with Gasteiger partial charge in [-0.1, -0.05) is 67.0 Å². The number of likely N-dealkylation sites (tertiary alicyclic amines) is 1. The molecule has 0 aromatic heterocycles. The number of rotatable bonds is 7. The molecular weight excluding hydrogens is 566 g/mol. The number of amides is 1. The van der Waals surface area contributed by atoms with Gasteiger partial charge in [-0.25, -0.2) is 0 Å². The summed E-state index contributed by atoms with van der Waals surface area (Å²) in [6, 6.07) is 11.1. The standard InChI is InChI=1S/C33H45N3O3.BrH/c1-10-11-23-19-36(30(34)25(23)16-21-12-14-22(15-13-21)31(39)35(8)9)20-28(37)24-17-26(32(2,3)4)29(38)27(18-24)33(5,6)7;/h12-18,23,34,38H,10-11,19-20H2,1-9H3;1H/b25-16+,34-30?;. The summed E-state index contributed by atoms with van der Waals surface area (Å²) in [6.45, 7) is 15.1. The monoisotopic (exact) mass is 611 g/mol. The first kappa shape index (κ1) is 33.3. The second-order valence-electron chi connectivity index (χ2n) is 13.0. The highest BCUT2D eigenvalue weighted by Crippen LogP contribution is 2.40. The first-order valence-corrected chi connectivity index (χ1v) is 13.8. The number of benzene rings is 2. The van der Waals surface area contributed by atoms with Gasteiger partial charge < -0.3 is 14.9 Å². The lowest BCUT2D eigenvalue weighted by Crippen LogP contribution is -2.31. The number of nitrogens with one attached hydrogen (secondary N) is 1. The van der Waals surface area contributed by atoms with Gasteiger partial charge in [-0.2, -0.15) is 0 Å². The Morgan fingerprint density at radius 3 is 1.98 bits per heavy atom. The number of ketones is 1. The number of amidine groups is 1. The van der Waals surface area contributed by atoms with Gasteiger partial charge in [0.25, 0.3) is 5.91 Å². The van der Waals surface area contributed by atoms with Crippen molar-refractivity contribution < 1.29 is 14.7 Å². The van der Waals surface area contributed by atoms with E-state index in [1.807, 2.05) is 88.9 Å². The molecule has 3 rings (SSSR count). The van der Waals surface area contributed by atoms with E-state index in [0.717, 1.165) is 35.1 Å². The van der Waals surface area contributed by atoms with Gasteiger partial charge in [-0.15, -0.1) is 17.0 Å². The van der Waals surface area contributed by atoms with Gasteiger partial charge in [0.15, 0.2) is 5.78 Å². The highest BCUT2D eigenvalue weighted by atomic mass is 79.9. The van der Waals surface area contributed by atoms with Crippen LogP contribution in [0.15, 0.2) is 42.0 Å². The fourth-order valence-corrected chi connectivity index (χ4v) is 5.12. The van der Waals surface area contributed by atoms with Crippen LogP contribution in [0, 0.1) is 11.3 Å². The summed E-state index contributed by atoms with van der Waals surface area (Å²) in [5.41, 5.74) is 3.92. The van der Waals surface area contributed by atoms with Crippen LogP contribution >= 0.6 is 17.0 Å². The quantitative estimate of drug-likeness (QED) is 0.323. The smallest absolute Gasteiger partial charge is 0.253 e. The molecule has 0 bridgehead atoms. The zero-order valence-electron chi connectivity index (χ0n) is 25.5. The van der Waals surface area contributed by atoms with Gasteiger partial charge >= 0.3 is 0 Å². The van der Waals surface area contributed by atoms with Crippen molar-refractivity contribution in [3.63, 3.8) is 0 Å². The number of phenols is 1. The van der Waals surface area contributed by atoms with Crippen LogP contribution in [0.25, 0.3) is 6.08 Å². The molecule has 1 atom stereocenters. The number of nitrogens with zero attached hydrogens (tertiary/aromatic N) is 2. The van der Waals surface area contributed by atoms with Gasteiger partial charge in [0.1, 0.15) is 11.6 Å². The average molecular weight is 613 g/mol. The molecule has 2 aromatic rings. The molecule has 2 N–H and O–H groups in total. The molecule has 7 heteroatoms. The fourth-order valence-electron chi connectivity index (χ4n) is 5.12. The minimum atomic E-state index is -0.324. The van der Waals surface area contributed by atoms with E-state index in [2.05, 4.69) is 6.92 Å². The number of aromatic hydroxyl groups is 1. The van der Waals surface area contributed by atoms with Gasteiger partial charge in [-0.3, -0.25) is 15.0 Å². The van der Waals surface area contributed by atoms with Gasteiger partial charge in [-0.05, 0) is 58.7 Å². The molecule has 0 aliphatic carbocycles. The van der Waals surface area contributed by atoms with Crippen LogP contribution in [-0.2, 0) is 10.8 Å². The van der Waals surface area contributed by atoms with Crippen LogP contribution in [0.3, 0.4) is 0 Å². The second kappa shape index (κ2) is 12.7. The summed E-state index contributed by atoms with van der Waals surface area (Å²) >= 11 is 0. The summed E-state index contributed by atoms with van der Waals surface area (Å²) in [4.78, 5) is 29.3. The van der Waals surface area contributed by atoms with Crippen LogP contribution in [-0.4, -0.2) is 59.6 Å². The molecule has 218 valence electrons. The molecule has 1 amide bonds. The second-order valence-corrected chi connectivity index (χ2v) is 13.0. The number of carbonyl (C=O) groups is 2. The predicted molar refractivity (Wildman–Crippen MR) is 170 cm³/mol. The number of phenolic OH excluding ortho intramolecular Hbond substituents is 1. The highest BCUT2D eigenvalue weighted by molar-refractivity contribution is 8.93. The topological polar surface area (TPSA) is 84.7 Å². The van der Waals surface area contributed by atoms with Gasteiger partial charge in [0, 0.05) is 48.8 Å². The van der Waals surface area contributed by atoms with E-state index in [-0.39, 0.29) is 57.7 Å². The number of hydrogen-bond acceptors (Lipinski definition) is 4. The Kier molecular flexibility index (Phi) is 10.6. The maximum atomic E-state index is 13.6. The Morgan fingerprint density at radius 1 is 1.00 bits per heavy atom. The van der Waals surface area contributed by atoms with E-state index >= 15 is 0 Å². The summed E-state index contributed by atoms with van der Waals surface area (Å²) in [6.07, 6.45) is 3.93. The Bertz CT molecular complexity index is 1250. The van der Waals surface area contributed by atoms with Crippen molar-refractivity contribution in [3.8, 4) is 5.75 Å². The third kappa shape index (κ3) is 7.42. The number of carbonyl (C=O) groups excluding carboxylic acids is 2. The number of Topliss-reactive ketones (excluding diaryl/α,β-unsaturated/α-hetero) is 1. The van der Waals surface area contributed by atoms with E-state index < -0.39 is 0 Å². The third-order valence-electron chi connectivity index (χ3n) is 7.38. The van der Waals surface area contributed by atoms with Crippen molar-refractivity contribution in [2.45, 2.75) is 72.1 Å². The summed E-state index contributed by atoms with van der Waals surface area (Å²) in [5.74, 6) is 0.690. The summed E-state index contributed by atoms with van der Waals surface area (Å²) in [7, 11) is 3.46. The van der Waals surface area contributed by atoms with Gasteiger partial charge in [0.05, 0.1) is 6.54 Å². The van der Waals surface area contributed by atoms with E-state index in [1.54, 1.807) is 19.0 Å². The average Bonchev–Trinajstić information content (AvgIpc) is 3.11. The number of hydrogen-bond donors (Lipinski definition) is 2. The third-order valence-corrected chi connectivity index (χ3v) is 7.38. The Morgan fingerprint density at radius 2 is 1.52 bits per heavy atom. The zero-order chi connectivity index (χ0) is 29.3. The summed E-state index contributed by atoms with van der Waals surface area (Å²) in [5, 5.41) is 20.0. The Hall–Kier alpha value is -2.93. The first-order valence-electron chi connectivity index (χ1n) is 13.8. The van der Waals surface area contributed by atoms with Crippen molar-refractivity contribution >= 4 is 40.6 Å². The van der Waals surface area contributed by atoms with Crippen molar-refractivity contribution in [2.75, 3.05) is 27.2 Å². The largest absolute Gasteiger partial charge is 0.507 e. The SMILES string of the molecule is Br.CCCC1CN(CC(=O)c2cc(C(C)(C)C)c(O)c(C(C)(C)C)c2)C(=N)/C1=C/c1ccc(C(=O)N(C)C)cc1. The van der Waals surface area contributed by atoms with E-state index in [4.69, 9.17) is 5.41 Å². The summed E-state index contributed by atoms with van der Waals surface area (Å²) < 4.78 is 0. The maximum Gasteiger partial charge on any atom is 0.253 e. The lowest BCUT2D eigenvalue weighted by Gasteiger charge is -2.28. The fraction of sp³-hybridized carbons (Fsp3) is 0.485. The van der Waals surface area contributed by atoms with Crippen molar-refractivity contribution in [2.24, 2.45) is 5.92 Å². The maximum absolute atomic E-state index is 13.6. The lowest BCUT2D eigenvalue weighted by atomic mass is 9.78. The minimum absolute atomic E-state index is 0. The highest BCUT2D eigenvalue weighted by Gasteiger charge is 2.34. The molecule has 1 fully saturated rings. The van der Waals surface area contributed by atoms with E-state index in [0.29, 0.717) is 23.5 Å². The van der Waals surface area contributed by atoms with Crippen molar-refractivity contribution in [1.29, 1.82) is 5.41 Å². The molecule has 40 heavy (non-hydrogen) atoms. The molecular formula is C33H46BrN3O3. The normalized spacial score (nSPS) is 16.7. The van der Waals surface area contributed by atoms with E-state index in [1.165, 1.54) is 0 Å². The molecule has 0 spiro atoms. The molecule has 0 radical (unpaired) electrons. The molecule has 2 aromatic carbocycles. The zero-order valence-corrected chi connectivity index (χ0v) is 27.2. The molecule has 1 unspecified atom stereocenters. The minimum Gasteiger partial charge on any atom is -0.507 e. The van der Waals surface area contributed by atoms with Crippen molar-refractivity contribution in [1.82, 2.24) is 9.80 Å². The van der Waals surface area contributed by atoms with Crippen LogP contribution in [0.5, 0.6) is 5.75 Å². The molecule has 0 saturated carbocycles. The molecule has 1 aliphatic heterocycles. The van der Waals surface area contributed by atoms with Crippen LogP contribution < -0.4 is 0 Å². The van der Waals surface area contributed by atoms with Crippen LogP contribution in [0.4, 0.5) is 0 Å².